The van der Waals surface area contributed by atoms with Gasteiger partial charge in [-0.25, -0.2) is 9.59 Å². The van der Waals surface area contributed by atoms with E-state index in [9.17, 15) is 19.7 Å². The van der Waals surface area contributed by atoms with E-state index >= 15 is 0 Å². The van der Waals surface area contributed by atoms with E-state index in [2.05, 4.69) is 5.32 Å². The molecule has 9 heteroatoms. The van der Waals surface area contributed by atoms with Gasteiger partial charge in [0.1, 0.15) is 0 Å². The zero-order valence-corrected chi connectivity index (χ0v) is 14.4. The van der Waals surface area contributed by atoms with Crippen LogP contribution in [0.15, 0.2) is 34.0 Å². The summed E-state index contributed by atoms with van der Waals surface area (Å²) in [6, 6.07) is 1.35. The molecule has 0 radical (unpaired) electrons. The minimum atomic E-state index is -0.787. The van der Waals surface area contributed by atoms with Crippen LogP contribution in [-0.2, 0) is 19.1 Å². The number of nitrogens with one attached hydrogen (secondary N) is 1. The minimum absolute atomic E-state index is 0.0997. The van der Waals surface area contributed by atoms with E-state index in [-0.39, 0.29) is 16.8 Å². The molecule has 1 aromatic heterocycles. The number of thiophene rings is 1. The van der Waals surface area contributed by atoms with Gasteiger partial charge in [-0.1, -0.05) is 0 Å². The second kappa shape index (κ2) is 6.83. The van der Waals surface area contributed by atoms with Crippen molar-refractivity contribution in [2.45, 2.75) is 19.8 Å². The molecular weight excluding hydrogens is 336 g/mol. The molecule has 0 saturated heterocycles. The number of nitro groups is 1. The third-order valence-corrected chi connectivity index (χ3v) is 4.66. The highest BCUT2D eigenvalue weighted by Gasteiger charge is 2.38. The maximum absolute atomic E-state index is 12.2. The number of esters is 2. The van der Waals surface area contributed by atoms with E-state index in [1.54, 1.807) is 13.8 Å². The summed E-state index contributed by atoms with van der Waals surface area (Å²) in [6.07, 6.45) is 0. The first-order valence-corrected chi connectivity index (χ1v) is 7.77. The van der Waals surface area contributed by atoms with E-state index in [1.807, 2.05) is 0 Å². The van der Waals surface area contributed by atoms with Gasteiger partial charge in [-0.15, -0.1) is 11.3 Å². The van der Waals surface area contributed by atoms with Crippen molar-refractivity contribution in [3.05, 3.63) is 49.0 Å². The molecule has 128 valence electrons. The molecule has 0 bridgehead atoms. The number of methoxy groups -OCH3 is 2. The summed E-state index contributed by atoms with van der Waals surface area (Å²) in [4.78, 5) is 35.4. The van der Waals surface area contributed by atoms with Crippen molar-refractivity contribution in [2.24, 2.45) is 0 Å². The van der Waals surface area contributed by atoms with Crippen molar-refractivity contribution < 1.29 is 24.0 Å². The van der Waals surface area contributed by atoms with Crippen LogP contribution in [0, 0.1) is 10.1 Å². The number of hydrogen-bond donors (Lipinski definition) is 1. The van der Waals surface area contributed by atoms with Crippen LogP contribution in [0.3, 0.4) is 0 Å². The van der Waals surface area contributed by atoms with Gasteiger partial charge in [-0.2, -0.15) is 0 Å². The van der Waals surface area contributed by atoms with Gasteiger partial charge in [-0.3, -0.25) is 10.1 Å². The largest absolute Gasteiger partial charge is 0.466 e. The predicted octanol–water partition coefficient (Wildman–Crippen LogP) is 2.24. The number of dihydropyridines is 1. The van der Waals surface area contributed by atoms with E-state index < -0.39 is 22.8 Å². The third-order valence-electron chi connectivity index (χ3n) is 3.67. The standard InChI is InChI=1S/C15H16N2O6S/c1-7-11(14(18)22-3)13(10-5-9(6-24-10)17(20)21)12(8(2)16-7)15(19)23-4/h5-6,13,16H,1-4H3. The summed E-state index contributed by atoms with van der Waals surface area (Å²) in [6.45, 7) is 3.36. The molecule has 0 saturated carbocycles. The molecule has 1 aromatic rings. The van der Waals surface area contributed by atoms with Gasteiger partial charge in [0.2, 0.25) is 0 Å². The molecule has 0 unspecified atom stereocenters. The van der Waals surface area contributed by atoms with Gasteiger partial charge in [0.05, 0.1) is 41.6 Å². The first kappa shape index (κ1) is 17.7. The summed E-state index contributed by atoms with van der Waals surface area (Å²) >= 11 is 1.10. The summed E-state index contributed by atoms with van der Waals surface area (Å²) in [5.41, 5.74) is 1.39. The Labute approximate surface area is 141 Å². The fourth-order valence-electron chi connectivity index (χ4n) is 2.63. The number of nitrogens with zero attached hydrogens (tertiary/aromatic N) is 1. The third kappa shape index (κ3) is 3.02. The molecule has 0 amide bonds. The lowest BCUT2D eigenvalue weighted by Crippen LogP contribution is -2.31. The van der Waals surface area contributed by atoms with Crippen LogP contribution < -0.4 is 5.32 Å². The van der Waals surface area contributed by atoms with Crippen molar-refractivity contribution in [3.63, 3.8) is 0 Å². The Kier molecular flexibility index (Phi) is 5.03. The molecule has 24 heavy (non-hydrogen) atoms. The summed E-state index contributed by atoms with van der Waals surface area (Å²) in [5.74, 6) is -2.02. The topological polar surface area (TPSA) is 108 Å². The molecule has 2 heterocycles. The predicted molar refractivity (Wildman–Crippen MR) is 86.3 cm³/mol. The zero-order chi connectivity index (χ0) is 18.0. The molecule has 1 aliphatic heterocycles. The zero-order valence-electron chi connectivity index (χ0n) is 13.5. The molecule has 8 nitrogen and oxygen atoms in total. The Bertz CT molecular complexity index is 739. The van der Waals surface area contributed by atoms with Crippen molar-refractivity contribution in [1.29, 1.82) is 0 Å². The first-order chi connectivity index (χ1) is 11.3. The Morgan fingerprint density at radius 1 is 1.17 bits per heavy atom. The van der Waals surface area contributed by atoms with Gasteiger partial charge in [0.25, 0.3) is 5.69 Å². The van der Waals surface area contributed by atoms with Gasteiger partial charge in [-0.05, 0) is 13.8 Å². The lowest BCUT2D eigenvalue weighted by atomic mass is 9.84. The normalized spacial score (nSPS) is 15.2. The number of rotatable bonds is 4. The van der Waals surface area contributed by atoms with Crippen LogP contribution in [0.5, 0.6) is 0 Å². The maximum Gasteiger partial charge on any atom is 0.336 e. The molecule has 0 atom stereocenters. The van der Waals surface area contributed by atoms with Gasteiger partial charge < -0.3 is 14.8 Å². The molecule has 0 aromatic carbocycles. The number of allylic oxidation sites excluding steroid dienone is 2. The maximum atomic E-state index is 12.2. The Morgan fingerprint density at radius 2 is 1.67 bits per heavy atom. The molecule has 0 spiro atoms. The monoisotopic (exact) mass is 352 g/mol. The number of hydrogen-bond acceptors (Lipinski definition) is 8. The molecule has 1 aliphatic rings. The van der Waals surface area contributed by atoms with E-state index in [4.69, 9.17) is 9.47 Å². The summed E-state index contributed by atoms with van der Waals surface area (Å²) in [5, 5.41) is 15.3. The van der Waals surface area contributed by atoms with E-state index in [0.29, 0.717) is 16.3 Å². The highest BCUT2D eigenvalue weighted by atomic mass is 32.1. The number of carbonyl (C=O) groups excluding carboxylic acids is 2. The number of carbonyl (C=O) groups is 2. The average molecular weight is 352 g/mol. The van der Waals surface area contributed by atoms with Crippen LogP contribution in [0.25, 0.3) is 0 Å². The van der Waals surface area contributed by atoms with Crippen LogP contribution in [-0.4, -0.2) is 31.1 Å². The lowest BCUT2D eigenvalue weighted by Gasteiger charge is -2.28. The highest BCUT2D eigenvalue weighted by molar-refractivity contribution is 7.10. The van der Waals surface area contributed by atoms with Gasteiger partial charge >= 0.3 is 11.9 Å². The van der Waals surface area contributed by atoms with Gasteiger partial charge in [0, 0.05) is 22.3 Å². The summed E-state index contributed by atoms with van der Waals surface area (Å²) < 4.78 is 9.64. The smallest absolute Gasteiger partial charge is 0.336 e. The van der Waals surface area contributed by atoms with Crippen molar-refractivity contribution in [3.8, 4) is 0 Å². The summed E-state index contributed by atoms with van der Waals surface area (Å²) in [7, 11) is 2.47. The second-order valence-electron chi connectivity index (χ2n) is 5.08. The van der Waals surface area contributed by atoms with E-state index in [1.165, 1.54) is 25.7 Å². The molecule has 1 N–H and O–H groups in total. The average Bonchev–Trinajstić information content (AvgIpc) is 3.02. The van der Waals surface area contributed by atoms with Crippen LogP contribution in [0.2, 0.25) is 0 Å². The van der Waals surface area contributed by atoms with Crippen molar-refractivity contribution in [1.82, 2.24) is 5.32 Å². The lowest BCUT2D eigenvalue weighted by molar-refractivity contribution is -0.384. The molecule has 0 aliphatic carbocycles. The van der Waals surface area contributed by atoms with Crippen molar-refractivity contribution >= 4 is 29.0 Å². The number of ether oxygens (including phenoxy) is 2. The second-order valence-corrected chi connectivity index (χ2v) is 6.03. The van der Waals surface area contributed by atoms with Crippen molar-refractivity contribution in [2.75, 3.05) is 14.2 Å². The molecule has 0 fully saturated rings. The Balaban J connectivity index is 2.66. The SMILES string of the molecule is COC(=O)C1=C(C)NC(C)=C(C(=O)OC)C1c1cc([N+](=O)[O-])cs1. The quantitative estimate of drug-likeness (QED) is 0.503. The fraction of sp³-hybridized carbons (Fsp3) is 0.333. The molecular formula is C15H16N2O6S. The fourth-order valence-corrected chi connectivity index (χ4v) is 3.60. The van der Waals surface area contributed by atoms with Gasteiger partial charge in [0.15, 0.2) is 0 Å². The van der Waals surface area contributed by atoms with Crippen LogP contribution >= 0.6 is 11.3 Å². The molecule has 2 rings (SSSR count). The van der Waals surface area contributed by atoms with Crippen LogP contribution in [0.1, 0.15) is 24.6 Å². The van der Waals surface area contributed by atoms with Crippen LogP contribution in [0.4, 0.5) is 5.69 Å². The first-order valence-electron chi connectivity index (χ1n) is 6.89. The minimum Gasteiger partial charge on any atom is -0.466 e. The Morgan fingerprint density at radius 3 is 2.04 bits per heavy atom. The Hall–Kier alpha value is -2.68. The highest BCUT2D eigenvalue weighted by Crippen LogP contribution is 2.42. The van der Waals surface area contributed by atoms with E-state index in [0.717, 1.165) is 11.3 Å².